The van der Waals surface area contributed by atoms with Gasteiger partial charge in [-0.3, -0.25) is 4.31 Å². The van der Waals surface area contributed by atoms with Crippen LogP contribution in [0.25, 0.3) is 0 Å². The zero-order valence-electron chi connectivity index (χ0n) is 30.0. The predicted molar refractivity (Wildman–Crippen MR) is 177 cm³/mol. The van der Waals surface area contributed by atoms with E-state index in [0.29, 0.717) is 23.7 Å². The summed E-state index contributed by atoms with van der Waals surface area (Å²) in [6.07, 6.45) is 21.6. The van der Waals surface area contributed by atoms with E-state index in [-0.39, 0.29) is 77.5 Å². The van der Waals surface area contributed by atoms with Gasteiger partial charge in [0, 0.05) is 36.4 Å². The summed E-state index contributed by atoms with van der Waals surface area (Å²) in [4.78, 5) is 14.3. The number of hydrogen-bond acceptors (Lipinski definition) is 13. The number of nitrogens with zero attached hydrogens (tertiary/aromatic N) is 9. The molecule has 0 fully saturated rings. The summed E-state index contributed by atoms with van der Waals surface area (Å²) in [5.41, 5.74) is 0. The van der Waals surface area contributed by atoms with Crippen LogP contribution < -0.4 is 5.32 Å². The van der Waals surface area contributed by atoms with E-state index in [1.807, 2.05) is 40.5 Å². The van der Waals surface area contributed by atoms with Crippen molar-refractivity contribution >= 4 is 20.2 Å². The standard InChI is InChI=1S/C9H19NO2S.C8H17N.C6H6N4O2S.2C3H3N2O.2Y/c1-6-8(3)10(9(4)7-2)13(5,11)12;1-5-7(3)9-8(4)6-2;11-13(12,9-3-1-7-5-9)10-4-2-8-6-10;2*1-3-4-2-6-5-3;;/h6-9H,1-5H3;5-9H,1-4H3;1-6H;2*1H3;;/q2*-2;;2*-1;2*+3. The molecule has 0 aliphatic heterocycles. The van der Waals surface area contributed by atoms with Gasteiger partial charge >= 0.3 is 75.6 Å². The van der Waals surface area contributed by atoms with Crippen LogP contribution in [-0.2, 0) is 85.7 Å². The van der Waals surface area contributed by atoms with Crippen LogP contribution in [-0.4, -0.2) is 89.8 Å². The number of sulfonamides is 1. The van der Waals surface area contributed by atoms with Crippen molar-refractivity contribution in [3.8, 4) is 0 Å². The molecular formula is C29H48N10O6S2Y2. The zero-order valence-corrected chi connectivity index (χ0v) is 37.3. The predicted octanol–water partition coefficient (Wildman–Crippen LogP) is 3.35. The molecule has 0 saturated carbocycles. The second-order valence-electron chi connectivity index (χ2n) is 9.81. The third-order valence-electron chi connectivity index (χ3n) is 6.02. The molecule has 16 nitrogen and oxygen atoms in total. The molecule has 0 aliphatic rings. The van der Waals surface area contributed by atoms with Gasteiger partial charge in [0.05, 0.1) is 19.0 Å². The molecule has 0 spiro atoms. The van der Waals surface area contributed by atoms with Crippen molar-refractivity contribution in [2.24, 2.45) is 0 Å². The molecule has 0 radical (unpaired) electrons. The van der Waals surface area contributed by atoms with E-state index in [0.717, 1.165) is 7.94 Å². The molecule has 1 N–H and O–H groups in total. The topological polar surface area (TPSA) is 197 Å². The Bertz CT molecular complexity index is 1400. The molecule has 4 unspecified atom stereocenters. The van der Waals surface area contributed by atoms with E-state index in [1.54, 1.807) is 13.8 Å². The van der Waals surface area contributed by atoms with Crippen LogP contribution in [0.4, 0.5) is 0 Å². The fourth-order valence-corrected chi connectivity index (χ4v) is 5.57. The average Bonchev–Trinajstić information content (AvgIpc) is 3.86. The zero-order chi connectivity index (χ0) is 36.0. The molecule has 4 aromatic rings. The minimum absolute atomic E-state index is 0. The quantitative estimate of drug-likeness (QED) is 0.216. The van der Waals surface area contributed by atoms with Crippen LogP contribution in [0.15, 0.2) is 46.5 Å². The number of hydrogen-bond donors (Lipinski definition) is 1. The van der Waals surface area contributed by atoms with Gasteiger partial charge in [-0.1, -0.05) is 41.5 Å². The van der Waals surface area contributed by atoms with Gasteiger partial charge in [0.1, 0.15) is 12.7 Å². The first-order valence-electron chi connectivity index (χ1n) is 14.5. The van der Waals surface area contributed by atoms with Gasteiger partial charge in [-0.2, -0.15) is 46.4 Å². The van der Waals surface area contributed by atoms with Gasteiger partial charge in [0.15, 0.2) is 0 Å². The van der Waals surface area contributed by atoms with Crippen LogP contribution in [0.1, 0.15) is 67.0 Å². The molecule has 0 amide bonds. The Balaban J connectivity index is -0.000000553. The monoisotopic (exact) mass is 874 g/mol. The Morgan fingerprint density at radius 3 is 1.29 bits per heavy atom. The molecule has 0 bridgehead atoms. The maximum absolute atomic E-state index is 11.6. The molecule has 268 valence electrons. The third kappa shape index (κ3) is 22.3. The molecule has 20 heteroatoms. The first kappa shape index (κ1) is 52.1. The van der Waals surface area contributed by atoms with Crippen molar-refractivity contribution in [2.75, 3.05) is 6.26 Å². The number of rotatable bonds is 11. The van der Waals surface area contributed by atoms with E-state index in [9.17, 15) is 16.8 Å². The van der Waals surface area contributed by atoms with Gasteiger partial charge in [0.2, 0.25) is 10.0 Å². The first-order valence-corrected chi connectivity index (χ1v) is 17.8. The van der Waals surface area contributed by atoms with Crippen LogP contribution in [0.2, 0.25) is 0 Å². The summed E-state index contributed by atoms with van der Waals surface area (Å²) in [6.45, 7) is 19.4. The van der Waals surface area contributed by atoms with E-state index in [4.69, 9.17) is 0 Å². The summed E-state index contributed by atoms with van der Waals surface area (Å²) >= 11 is 0. The smallest absolute Gasteiger partial charge is 0.459 e. The Morgan fingerprint density at radius 2 is 1.10 bits per heavy atom. The van der Waals surface area contributed by atoms with Crippen molar-refractivity contribution < 1.29 is 91.3 Å². The average molecular weight is 875 g/mol. The Hall–Kier alpha value is -1.27. The normalized spacial score (nSPS) is 13.1. The fraction of sp³-hybridized carbons (Fsp3) is 0.517. The fourth-order valence-electron chi connectivity index (χ4n) is 3.14. The second-order valence-corrected chi connectivity index (χ2v) is 13.4. The maximum atomic E-state index is 11.6. The van der Waals surface area contributed by atoms with Crippen molar-refractivity contribution in [1.29, 1.82) is 0 Å². The molecule has 0 aromatic carbocycles. The molecule has 49 heavy (non-hydrogen) atoms. The number of imidazole rings is 2. The second kappa shape index (κ2) is 28.3. The van der Waals surface area contributed by atoms with Crippen LogP contribution in [0.5, 0.6) is 0 Å². The summed E-state index contributed by atoms with van der Waals surface area (Å²) in [5, 5.41) is 10.1. The number of nitrogens with one attached hydrogen (secondary N) is 1. The Morgan fingerprint density at radius 1 is 0.735 bits per heavy atom. The van der Waals surface area contributed by atoms with Gasteiger partial charge < -0.3 is 50.0 Å². The minimum Gasteiger partial charge on any atom is -0.459 e. The summed E-state index contributed by atoms with van der Waals surface area (Å²) in [6, 6.07) is 0.940. The third-order valence-corrected chi connectivity index (χ3v) is 8.95. The SMILES string of the molecule is C[CH-]C(C)N(C(C)[CH-]C)S(C)(=O)=O.C[CH-]C(C)NC(C)[CH-]C.Cc1n[c-]on1.Cc1n[c-]on1.O=S(=O)(n1ccnc1)n1ccnc1.[Y+3].[Y+3]. The molecular weight excluding hydrogens is 826 g/mol. The van der Waals surface area contributed by atoms with E-state index in [1.165, 1.54) is 48.0 Å². The van der Waals surface area contributed by atoms with Crippen LogP contribution in [0.3, 0.4) is 0 Å². The van der Waals surface area contributed by atoms with Crippen LogP contribution >= 0.6 is 0 Å². The van der Waals surface area contributed by atoms with E-state index in [2.05, 4.69) is 97.9 Å². The minimum atomic E-state index is -3.54. The number of aromatic nitrogens is 8. The maximum Gasteiger partial charge on any atom is 3.00 e. The van der Waals surface area contributed by atoms with Crippen molar-refractivity contribution in [3.05, 3.63) is 87.6 Å². The Kier molecular flexibility index (Phi) is 30.1. The van der Waals surface area contributed by atoms with Gasteiger partial charge in [-0.15, -0.1) is 24.2 Å². The molecule has 4 aromatic heterocycles. The summed E-state index contributed by atoms with van der Waals surface area (Å²) < 4.78 is 58.0. The molecule has 4 atom stereocenters. The number of aryl methyl sites for hydroxylation is 2. The molecule has 0 aliphatic carbocycles. The van der Waals surface area contributed by atoms with Gasteiger partial charge in [0.25, 0.3) is 0 Å². The molecule has 4 heterocycles. The van der Waals surface area contributed by atoms with Gasteiger partial charge in [-0.05, 0) is 0 Å². The Labute approximate surface area is 343 Å². The summed E-state index contributed by atoms with van der Waals surface area (Å²) in [7, 11) is -6.66. The van der Waals surface area contributed by atoms with E-state index < -0.39 is 20.2 Å². The van der Waals surface area contributed by atoms with Crippen LogP contribution in [0, 0.1) is 52.3 Å². The van der Waals surface area contributed by atoms with Gasteiger partial charge in [-0.25, -0.2) is 26.3 Å². The summed E-state index contributed by atoms with van der Waals surface area (Å²) in [5.74, 6) is 1.24. The van der Waals surface area contributed by atoms with Crippen molar-refractivity contribution in [2.45, 2.75) is 93.4 Å². The molecule has 4 rings (SSSR count). The first-order chi connectivity index (χ1) is 22.0. The van der Waals surface area contributed by atoms with Crippen molar-refractivity contribution in [1.82, 2.24) is 47.8 Å². The molecule has 0 saturated heterocycles. The van der Waals surface area contributed by atoms with E-state index >= 15 is 0 Å². The largest absolute Gasteiger partial charge is 3.00 e. The van der Waals surface area contributed by atoms with Crippen molar-refractivity contribution in [3.63, 3.8) is 0 Å².